The van der Waals surface area contributed by atoms with Crippen molar-refractivity contribution in [1.82, 2.24) is 0 Å². The molecule has 0 fully saturated rings. The molecule has 0 aromatic heterocycles. The highest BCUT2D eigenvalue weighted by molar-refractivity contribution is 5.75. The van der Waals surface area contributed by atoms with Gasteiger partial charge in [0.1, 0.15) is 0 Å². The van der Waals surface area contributed by atoms with Crippen LogP contribution in [0.15, 0.2) is 69.0 Å². The van der Waals surface area contributed by atoms with Crippen LogP contribution in [0, 0.1) is 13.8 Å². The normalized spacial score (nSPS) is 11.3. The van der Waals surface area contributed by atoms with Gasteiger partial charge in [-0.15, -0.1) is 10.2 Å². The van der Waals surface area contributed by atoms with Crippen LogP contribution in [-0.2, 0) is 0 Å². The number of rotatable bonds is 2. The lowest BCUT2D eigenvalue weighted by molar-refractivity contribution is 0.254. The van der Waals surface area contributed by atoms with Gasteiger partial charge in [0.05, 0.1) is 11.4 Å². The fourth-order valence-corrected chi connectivity index (χ4v) is 1.44. The fourth-order valence-electron chi connectivity index (χ4n) is 1.44. The van der Waals surface area contributed by atoms with Crippen molar-refractivity contribution in [3.63, 3.8) is 0 Å². The summed E-state index contributed by atoms with van der Waals surface area (Å²) in [6, 6.07) is 14.0. The Morgan fingerprint density at radius 3 is 1.40 bits per heavy atom. The summed E-state index contributed by atoms with van der Waals surface area (Å²) in [7, 11) is 0. The number of nitrogens with zero attached hydrogens (tertiary/aromatic N) is 4. The first-order valence-corrected chi connectivity index (χ1v) is 6.14. The van der Waals surface area contributed by atoms with E-state index >= 15 is 0 Å². The summed E-state index contributed by atoms with van der Waals surface area (Å²) in [5.74, 6) is 0. The van der Waals surface area contributed by atoms with Gasteiger partial charge < -0.3 is 0 Å². The highest BCUT2D eigenvalue weighted by Crippen LogP contribution is 2.15. The molecule has 5 heteroatoms. The predicted octanol–water partition coefficient (Wildman–Crippen LogP) is 5.29. The van der Waals surface area contributed by atoms with Crippen molar-refractivity contribution in [2.75, 3.05) is 0 Å². The molecule has 0 heterocycles. The molecule has 100 valence electrons. The average Bonchev–Trinajstić information content (AvgIpc) is 2.46. The van der Waals surface area contributed by atoms with Gasteiger partial charge in [-0.25, -0.2) is 4.79 Å². The fraction of sp³-hybridized carbons (Fsp3) is 0.133. The minimum absolute atomic E-state index is 0.606. The third-order valence-corrected chi connectivity index (χ3v) is 2.57. The number of amides is 2. The number of hydrogen-bond donors (Lipinski definition) is 0. The van der Waals surface area contributed by atoms with E-state index in [9.17, 15) is 4.79 Å². The van der Waals surface area contributed by atoms with Gasteiger partial charge >= 0.3 is 6.03 Å². The maximum Gasteiger partial charge on any atom is 0.404 e. The third kappa shape index (κ3) is 4.20. The molecule has 0 radical (unpaired) electrons. The van der Waals surface area contributed by atoms with Gasteiger partial charge in [0.2, 0.25) is 0 Å². The van der Waals surface area contributed by atoms with Crippen LogP contribution < -0.4 is 0 Å². The van der Waals surface area contributed by atoms with Crippen LogP contribution in [0.2, 0.25) is 0 Å². The zero-order chi connectivity index (χ0) is 14.4. The van der Waals surface area contributed by atoms with Crippen LogP contribution in [-0.4, -0.2) is 6.03 Å². The molecule has 0 spiro atoms. The smallest absolute Gasteiger partial charge is 0.240 e. The number of aryl methyl sites for hydroxylation is 2. The molecule has 2 aromatic carbocycles. The van der Waals surface area contributed by atoms with E-state index in [1.165, 1.54) is 0 Å². The van der Waals surface area contributed by atoms with Gasteiger partial charge in [-0.05, 0) is 38.1 Å². The van der Waals surface area contributed by atoms with Crippen molar-refractivity contribution >= 4 is 17.4 Å². The lowest BCUT2D eigenvalue weighted by Crippen LogP contribution is -1.79. The van der Waals surface area contributed by atoms with Crippen LogP contribution in [0.25, 0.3) is 0 Å². The van der Waals surface area contributed by atoms with E-state index in [0.717, 1.165) is 11.1 Å². The van der Waals surface area contributed by atoms with Crippen molar-refractivity contribution in [2.45, 2.75) is 13.8 Å². The summed E-state index contributed by atoms with van der Waals surface area (Å²) in [5.41, 5.74) is 3.45. The van der Waals surface area contributed by atoms with Gasteiger partial charge in [-0.3, -0.25) is 0 Å². The van der Waals surface area contributed by atoms with E-state index in [4.69, 9.17) is 0 Å². The largest absolute Gasteiger partial charge is 0.404 e. The van der Waals surface area contributed by atoms with Crippen LogP contribution >= 0.6 is 0 Å². The molecule has 0 atom stereocenters. The number of urea groups is 1. The number of azo groups is 2. The Morgan fingerprint density at radius 2 is 1.05 bits per heavy atom. The lowest BCUT2D eigenvalue weighted by atomic mass is 10.2. The molecule has 5 nitrogen and oxygen atoms in total. The highest BCUT2D eigenvalue weighted by atomic mass is 16.2. The van der Waals surface area contributed by atoms with E-state index in [1.807, 2.05) is 38.1 Å². The second-order valence-corrected chi connectivity index (χ2v) is 4.35. The van der Waals surface area contributed by atoms with Gasteiger partial charge in [0.15, 0.2) is 0 Å². The molecule has 0 saturated heterocycles. The number of carbonyl (C=O) groups excluding carboxylic acids is 1. The summed E-state index contributed by atoms with van der Waals surface area (Å²) < 4.78 is 0. The number of benzene rings is 2. The first-order valence-electron chi connectivity index (χ1n) is 6.14. The molecule has 20 heavy (non-hydrogen) atoms. The van der Waals surface area contributed by atoms with Crippen molar-refractivity contribution in [3.8, 4) is 0 Å². The minimum atomic E-state index is -0.730. The molecule has 0 bridgehead atoms. The molecule has 2 amide bonds. The first-order chi connectivity index (χ1) is 9.63. The number of hydrogen-bond acceptors (Lipinski definition) is 3. The molecule has 0 saturated carbocycles. The van der Waals surface area contributed by atoms with Crippen LogP contribution in [0.4, 0.5) is 16.2 Å². The summed E-state index contributed by atoms with van der Waals surface area (Å²) in [5, 5.41) is 14.6. The van der Waals surface area contributed by atoms with Crippen molar-refractivity contribution in [1.29, 1.82) is 0 Å². The zero-order valence-electron chi connectivity index (χ0n) is 11.3. The third-order valence-electron chi connectivity index (χ3n) is 2.57. The van der Waals surface area contributed by atoms with E-state index in [0.29, 0.717) is 11.4 Å². The molecular formula is C15H14N4O. The Morgan fingerprint density at radius 1 is 0.700 bits per heavy atom. The Kier molecular flexibility index (Phi) is 4.44. The van der Waals surface area contributed by atoms with Crippen LogP contribution in [0.3, 0.4) is 0 Å². The Bertz CT molecular complexity index is 585. The number of carbonyl (C=O) groups is 1. The zero-order valence-corrected chi connectivity index (χ0v) is 11.3. The summed E-state index contributed by atoms with van der Waals surface area (Å²) in [6.07, 6.45) is 0. The van der Waals surface area contributed by atoms with Gasteiger partial charge in [0.25, 0.3) is 0 Å². The second-order valence-electron chi connectivity index (χ2n) is 4.35. The Balaban J connectivity index is 1.98. The molecule has 0 unspecified atom stereocenters. The SMILES string of the molecule is Cc1ccc(N=NC(=O)N=Nc2ccc(C)cc2)cc1. The molecular weight excluding hydrogens is 252 g/mol. The quantitative estimate of drug-likeness (QED) is 0.681. The summed E-state index contributed by atoms with van der Waals surface area (Å²) in [4.78, 5) is 11.4. The highest BCUT2D eigenvalue weighted by Gasteiger charge is 1.96. The van der Waals surface area contributed by atoms with Crippen molar-refractivity contribution < 1.29 is 4.79 Å². The lowest BCUT2D eigenvalue weighted by Gasteiger charge is -1.93. The molecule has 0 aliphatic carbocycles. The van der Waals surface area contributed by atoms with Gasteiger partial charge in [-0.2, -0.15) is 0 Å². The maximum absolute atomic E-state index is 11.4. The van der Waals surface area contributed by atoms with E-state index < -0.39 is 6.03 Å². The topological polar surface area (TPSA) is 66.5 Å². The molecule has 0 N–H and O–H groups in total. The molecule has 0 aliphatic rings. The van der Waals surface area contributed by atoms with E-state index in [-0.39, 0.29) is 0 Å². The Hall–Kier alpha value is -2.69. The maximum atomic E-state index is 11.4. The monoisotopic (exact) mass is 266 g/mol. The van der Waals surface area contributed by atoms with Crippen molar-refractivity contribution in [3.05, 3.63) is 59.7 Å². The van der Waals surface area contributed by atoms with E-state index in [1.54, 1.807) is 24.3 Å². The van der Waals surface area contributed by atoms with Gasteiger partial charge in [0, 0.05) is 0 Å². The molecule has 2 aromatic rings. The summed E-state index contributed by atoms with van der Waals surface area (Å²) in [6.45, 7) is 3.95. The van der Waals surface area contributed by atoms with Gasteiger partial charge in [-0.1, -0.05) is 45.6 Å². The van der Waals surface area contributed by atoms with Crippen LogP contribution in [0.5, 0.6) is 0 Å². The minimum Gasteiger partial charge on any atom is -0.240 e. The molecule has 0 aliphatic heterocycles. The Labute approximate surface area is 117 Å². The van der Waals surface area contributed by atoms with Crippen molar-refractivity contribution in [2.24, 2.45) is 20.5 Å². The predicted molar refractivity (Wildman–Crippen MR) is 76.8 cm³/mol. The first kappa shape index (κ1) is 13.7. The second kappa shape index (κ2) is 6.47. The van der Waals surface area contributed by atoms with Crippen LogP contribution in [0.1, 0.15) is 11.1 Å². The molecule has 2 rings (SSSR count). The summed E-state index contributed by atoms with van der Waals surface area (Å²) >= 11 is 0. The average molecular weight is 266 g/mol. The standard InChI is InChI=1S/C15H14N4O/c1-11-3-7-13(8-4-11)16-18-15(20)19-17-14-9-5-12(2)6-10-14/h3-10H,1-2H3. The van der Waals surface area contributed by atoms with E-state index in [2.05, 4.69) is 20.5 Å².